The standard InChI is InChI=1S/C17H19FIN3O2/c1-11-20-16(22-24-11)17(8-4-2-3-5-9-17)21-15(23)13-7-6-12(18)10-14(13)19/h6-7,10H,2-5,8-9H2,1H3,(H,21,23). The predicted octanol–water partition coefficient (Wildman–Crippen LogP) is 4.10. The van der Waals surface area contributed by atoms with Gasteiger partial charge in [-0.05, 0) is 53.6 Å². The van der Waals surface area contributed by atoms with E-state index in [0.29, 0.717) is 20.8 Å². The second-order valence-corrected chi connectivity index (χ2v) is 7.37. The maximum absolute atomic E-state index is 13.3. The van der Waals surface area contributed by atoms with Crippen molar-refractivity contribution in [3.63, 3.8) is 0 Å². The Labute approximate surface area is 153 Å². The van der Waals surface area contributed by atoms with Gasteiger partial charge in [0.05, 0.1) is 5.56 Å². The van der Waals surface area contributed by atoms with Gasteiger partial charge in [-0.1, -0.05) is 30.8 Å². The van der Waals surface area contributed by atoms with Crippen LogP contribution in [-0.2, 0) is 5.54 Å². The van der Waals surface area contributed by atoms with Gasteiger partial charge in [0, 0.05) is 10.5 Å². The first-order valence-electron chi connectivity index (χ1n) is 8.08. The highest BCUT2D eigenvalue weighted by atomic mass is 127. The van der Waals surface area contributed by atoms with Crippen molar-refractivity contribution >= 4 is 28.5 Å². The Morgan fingerprint density at radius 3 is 2.58 bits per heavy atom. The largest absolute Gasteiger partial charge is 0.340 e. The summed E-state index contributed by atoms with van der Waals surface area (Å²) >= 11 is 1.98. The van der Waals surface area contributed by atoms with E-state index in [9.17, 15) is 9.18 Å². The number of halogens is 2. The molecule has 1 amide bonds. The van der Waals surface area contributed by atoms with Crippen LogP contribution in [0.15, 0.2) is 22.7 Å². The molecule has 1 saturated carbocycles. The fraction of sp³-hybridized carbons (Fsp3) is 0.471. The van der Waals surface area contributed by atoms with Crippen molar-refractivity contribution in [3.05, 3.63) is 44.9 Å². The van der Waals surface area contributed by atoms with E-state index in [0.717, 1.165) is 38.5 Å². The lowest BCUT2D eigenvalue weighted by molar-refractivity contribution is 0.0875. The molecule has 0 unspecified atom stereocenters. The zero-order valence-electron chi connectivity index (χ0n) is 13.4. The molecule has 1 aliphatic carbocycles. The summed E-state index contributed by atoms with van der Waals surface area (Å²) in [5, 5.41) is 7.20. The monoisotopic (exact) mass is 443 g/mol. The fourth-order valence-electron chi connectivity index (χ4n) is 3.19. The molecule has 5 nitrogen and oxygen atoms in total. The van der Waals surface area contributed by atoms with Gasteiger partial charge >= 0.3 is 0 Å². The molecular formula is C17H19FIN3O2. The molecule has 1 aromatic carbocycles. The number of nitrogens with zero attached hydrogens (tertiary/aromatic N) is 2. The Hall–Kier alpha value is -1.51. The van der Waals surface area contributed by atoms with Crippen molar-refractivity contribution in [1.82, 2.24) is 15.5 Å². The first kappa shape index (κ1) is 17.3. The molecule has 1 aliphatic rings. The van der Waals surface area contributed by atoms with Crippen molar-refractivity contribution in [2.24, 2.45) is 0 Å². The van der Waals surface area contributed by atoms with Crippen LogP contribution in [0.5, 0.6) is 0 Å². The molecule has 2 aromatic rings. The SMILES string of the molecule is Cc1nc(C2(NC(=O)c3ccc(F)cc3I)CCCCCC2)no1. The third-order valence-corrected chi connectivity index (χ3v) is 5.33. The molecule has 0 saturated heterocycles. The van der Waals surface area contributed by atoms with Gasteiger partial charge in [-0.15, -0.1) is 0 Å². The van der Waals surface area contributed by atoms with Crippen molar-refractivity contribution in [3.8, 4) is 0 Å². The van der Waals surface area contributed by atoms with Crippen LogP contribution >= 0.6 is 22.6 Å². The summed E-state index contributed by atoms with van der Waals surface area (Å²) in [6.07, 6.45) is 5.79. The topological polar surface area (TPSA) is 68.0 Å². The quantitative estimate of drug-likeness (QED) is 0.573. The Kier molecular flexibility index (Phi) is 5.17. The van der Waals surface area contributed by atoms with E-state index in [1.54, 1.807) is 6.92 Å². The van der Waals surface area contributed by atoms with Crippen LogP contribution < -0.4 is 5.32 Å². The molecule has 0 bridgehead atoms. The smallest absolute Gasteiger partial charge is 0.253 e. The van der Waals surface area contributed by atoms with E-state index in [1.807, 2.05) is 22.6 Å². The Morgan fingerprint density at radius 1 is 1.29 bits per heavy atom. The van der Waals surface area contributed by atoms with Gasteiger partial charge < -0.3 is 9.84 Å². The minimum absolute atomic E-state index is 0.233. The average molecular weight is 443 g/mol. The van der Waals surface area contributed by atoms with Crippen LogP contribution in [0.1, 0.15) is 60.6 Å². The third-order valence-electron chi connectivity index (χ3n) is 4.44. The molecule has 1 heterocycles. The summed E-state index contributed by atoms with van der Waals surface area (Å²) in [7, 11) is 0. The second-order valence-electron chi connectivity index (χ2n) is 6.21. The van der Waals surface area contributed by atoms with Gasteiger partial charge in [0.15, 0.2) is 5.82 Å². The first-order valence-corrected chi connectivity index (χ1v) is 9.16. The minimum Gasteiger partial charge on any atom is -0.340 e. The normalized spacial score (nSPS) is 17.3. The van der Waals surface area contributed by atoms with Crippen LogP contribution in [0, 0.1) is 16.3 Å². The summed E-state index contributed by atoms with van der Waals surface area (Å²) in [5.41, 5.74) is -0.163. The lowest BCUT2D eigenvalue weighted by Gasteiger charge is -2.31. The average Bonchev–Trinajstić information content (AvgIpc) is 2.83. The molecule has 1 aromatic heterocycles. The number of aryl methyl sites for hydroxylation is 1. The number of aromatic nitrogens is 2. The number of amides is 1. The Balaban J connectivity index is 1.92. The molecule has 1 N–H and O–H groups in total. The van der Waals surface area contributed by atoms with Gasteiger partial charge in [-0.3, -0.25) is 4.79 Å². The molecule has 0 spiro atoms. The van der Waals surface area contributed by atoms with E-state index in [4.69, 9.17) is 4.52 Å². The number of carbonyl (C=O) groups excluding carboxylic acids is 1. The second kappa shape index (κ2) is 7.16. The zero-order chi connectivity index (χ0) is 17.2. The van der Waals surface area contributed by atoms with Gasteiger partial charge in [0.1, 0.15) is 11.4 Å². The predicted molar refractivity (Wildman–Crippen MR) is 95.0 cm³/mol. The van der Waals surface area contributed by atoms with E-state index < -0.39 is 5.54 Å². The Bertz CT molecular complexity index is 739. The first-order chi connectivity index (χ1) is 11.5. The van der Waals surface area contributed by atoms with Crippen molar-refractivity contribution in [2.45, 2.75) is 51.0 Å². The molecule has 0 atom stereocenters. The number of hydrogen-bond donors (Lipinski definition) is 1. The van der Waals surface area contributed by atoms with Gasteiger partial charge in [-0.25, -0.2) is 4.39 Å². The van der Waals surface area contributed by atoms with Gasteiger partial charge in [0.25, 0.3) is 5.91 Å². The summed E-state index contributed by atoms with van der Waals surface area (Å²) < 4.78 is 19.0. The third kappa shape index (κ3) is 3.60. The summed E-state index contributed by atoms with van der Waals surface area (Å²) in [4.78, 5) is 17.2. The van der Waals surface area contributed by atoms with Crippen LogP contribution in [0.3, 0.4) is 0 Å². The molecule has 3 rings (SSSR count). The highest BCUT2D eigenvalue weighted by molar-refractivity contribution is 14.1. The van der Waals surface area contributed by atoms with Crippen LogP contribution in [0.4, 0.5) is 4.39 Å². The van der Waals surface area contributed by atoms with Gasteiger partial charge in [0.2, 0.25) is 5.89 Å². The maximum Gasteiger partial charge on any atom is 0.253 e. The molecule has 7 heteroatoms. The van der Waals surface area contributed by atoms with Crippen molar-refractivity contribution < 1.29 is 13.7 Å². The molecule has 1 fully saturated rings. The number of hydrogen-bond acceptors (Lipinski definition) is 4. The summed E-state index contributed by atoms with van der Waals surface area (Å²) in [5.74, 6) is 0.435. The number of carbonyl (C=O) groups is 1. The highest BCUT2D eigenvalue weighted by Gasteiger charge is 2.39. The maximum atomic E-state index is 13.3. The zero-order valence-corrected chi connectivity index (χ0v) is 15.6. The molecule has 0 radical (unpaired) electrons. The molecule has 24 heavy (non-hydrogen) atoms. The Morgan fingerprint density at radius 2 is 2.00 bits per heavy atom. The van der Waals surface area contributed by atoms with Gasteiger partial charge in [-0.2, -0.15) is 4.98 Å². The lowest BCUT2D eigenvalue weighted by Crippen LogP contribution is -2.46. The summed E-state index contributed by atoms with van der Waals surface area (Å²) in [6.45, 7) is 1.74. The van der Waals surface area contributed by atoms with Crippen LogP contribution in [-0.4, -0.2) is 16.0 Å². The molecular weight excluding hydrogens is 424 g/mol. The lowest BCUT2D eigenvalue weighted by atomic mass is 9.88. The van der Waals surface area contributed by atoms with Crippen LogP contribution in [0.25, 0.3) is 0 Å². The number of rotatable bonds is 3. The fourth-order valence-corrected chi connectivity index (χ4v) is 3.91. The van der Waals surface area contributed by atoms with Crippen LogP contribution in [0.2, 0.25) is 0 Å². The highest BCUT2D eigenvalue weighted by Crippen LogP contribution is 2.35. The molecule has 0 aliphatic heterocycles. The van der Waals surface area contributed by atoms with Crippen molar-refractivity contribution in [1.29, 1.82) is 0 Å². The number of nitrogens with one attached hydrogen (secondary N) is 1. The van der Waals surface area contributed by atoms with E-state index in [-0.39, 0.29) is 11.7 Å². The van der Waals surface area contributed by atoms with E-state index >= 15 is 0 Å². The van der Waals surface area contributed by atoms with E-state index in [2.05, 4.69) is 15.5 Å². The molecule has 128 valence electrons. The van der Waals surface area contributed by atoms with Crippen molar-refractivity contribution in [2.75, 3.05) is 0 Å². The number of benzene rings is 1. The minimum atomic E-state index is -0.622. The summed E-state index contributed by atoms with van der Waals surface area (Å²) in [6, 6.07) is 4.17. The van der Waals surface area contributed by atoms with E-state index in [1.165, 1.54) is 18.2 Å².